The van der Waals surface area contributed by atoms with Crippen LogP contribution in [0.15, 0.2) is 30.6 Å². The Hall–Kier alpha value is -2.45. The zero-order valence-corrected chi connectivity index (χ0v) is 16.5. The Kier molecular flexibility index (Phi) is 5.59. The number of piperidine rings is 1. The molecule has 1 unspecified atom stereocenters. The fourth-order valence-electron chi connectivity index (χ4n) is 4.02. The number of ether oxygens (including phenoxy) is 1. The summed E-state index contributed by atoms with van der Waals surface area (Å²) in [6.07, 6.45) is 3.99. The van der Waals surface area contributed by atoms with E-state index in [2.05, 4.69) is 27.2 Å². The second-order valence-electron chi connectivity index (χ2n) is 7.65. The van der Waals surface area contributed by atoms with E-state index in [4.69, 9.17) is 4.74 Å². The van der Waals surface area contributed by atoms with Crippen LogP contribution in [0.3, 0.4) is 0 Å². The molecule has 8 nitrogen and oxygen atoms in total. The van der Waals surface area contributed by atoms with Crippen molar-refractivity contribution in [1.29, 1.82) is 0 Å². The maximum absolute atomic E-state index is 12.7. The Morgan fingerprint density at radius 3 is 2.79 bits per heavy atom. The van der Waals surface area contributed by atoms with Gasteiger partial charge in [0.05, 0.1) is 12.7 Å². The first-order valence-corrected chi connectivity index (χ1v) is 9.96. The lowest BCUT2D eigenvalue weighted by Gasteiger charge is -2.41. The van der Waals surface area contributed by atoms with Crippen LogP contribution >= 0.6 is 0 Å². The highest BCUT2D eigenvalue weighted by Crippen LogP contribution is 2.22. The first-order valence-electron chi connectivity index (χ1n) is 9.96. The number of nitrogens with one attached hydrogen (secondary N) is 1. The molecule has 0 spiro atoms. The van der Waals surface area contributed by atoms with Crippen molar-refractivity contribution in [2.75, 3.05) is 38.1 Å². The van der Waals surface area contributed by atoms with Crippen molar-refractivity contribution in [3.63, 3.8) is 0 Å². The summed E-state index contributed by atoms with van der Waals surface area (Å²) in [5, 5.41) is 7.34. The summed E-state index contributed by atoms with van der Waals surface area (Å²) in [4.78, 5) is 21.4. The highest BCUT2D eigenvalue weighted by Gasteiger charge is 2.29. The van der Waals surface area contributed by atoms with Gasteiger partial charge in [0.2, 0.25) is 0 Å². The van der Waals surface area contributed by atoms with Gasteiger partial charge in [-0.3, -0.25) is 9.58 Å². The zero-order chi connectivity index (χ0) is 19.5. The van der Waals surface area contributed by atoms with Crippen LogP contribution in [0.4, 0.5) is 10.5 Å². The van der Waals surface area contributed by atoms with Crippen molar-refractivity contribution >= 4 is 11.7 Å². The van der Waals surface area contributed by atoms with Gasteiger partial charge in [0.1, 0.15) is 6.33 Å². The summed E-state index contributed by atoms with van der Waals surface area (Å²) in [7, 11) is 1.84. The summed E-state index contributed by atoms with van der Waals surface area (Å²) in [6, 6.07) is 8.17. The maximum atomic E-state index is 12.7. The lowest BCUT2D eigenvalue weighted by atomic mass is 10.0. The highest BCUT2D eigenvalue weighted by molar-refractivity contribution is 5.90. The van der Waals surface area contributed by atoms with Crippen LogP contribution in [-0.2, 0) is 11.8 Å². The SMILES string of the molecule is CC1CN(C2CCN(C(=O)Nc3cccc(-c4ncn(C)n4)c3)CC2)CCO1. The molecule has 0 bridgehead atoms. The molecule has 2 amide bonds. The van der Waals surface area contributed by atoms with Gasteiger partial charge in [0, 0.05) is 50.5 Å². The summed E-state index contributed by atoms with van der Waals surface area (Å²) < 4.78 is 7.31. The van der Waals surface area contributed by atoms with Gasteiger partial charge in [0.15, 0.2) is 5.82 Å². The van der Waals surface area contributed by atoms with Crippen LogP contribution in [0.25, 0.3) is 11.4 Å². The number of likely N-dealkylation sites (tertiary alicyclic amines) is 1. The smallest absolute Gasteiger partial charge is 0.321 e. The van der Waals surface area contributed by atoms with E-state index in [-0.39, 0.29) is 6.03 Å². The molecular weight excluding hydrogens is 356 g/mol. The monoisotopic (exact) mass is 384 g/mol. The summed E-state index contributed by atoms with van der Waals surface area (Å²) in [5.41, 5.74) is 1.65. The number of aryl methyl sites for hydroxylation is 1. The predicted octanol–water partition coefficient (Wildman–Crippen LogP) is 2.20. The van der Waals surface area contributed by atoms with Crippen molar-refractivity contribution in [2.24, 2.45) is 7.05 Å². The molecule has 1 N–H and O–H groups in total. The van der Waals surface area contributed by atoms with E-state index in [1.54, 1.807) is 11.0 Å². The topological polar surface area (TPSA) is 75.5 Å². The molecule has 28 heavy (non-hydrogen) atoms. The van der Waals surface area contributed by atoms with E-state index in [1.807, 2.05) is 36.2 Å². The molecule has 2 saturated heterocycles. The third-order valence-electron chi connectivity index (χ3n) is 5.51. The molecule has 8 heteroatoms. The molecule has 2 fully saturated rings. The minimum absolute atomic E-state index is 0.0417. The van der Waals surface area contributed by atoms with Crippen LogP contribution in [0.5, 0.6) is 0 Å². The Balaban J connectivity index is 1.32. The van der Waals surface area contributed by atoms with Crippen molar-refractivity contribution in [1.82, 2.24) is 24.6 Å². The minimum atomic E-state index is -0.0417. The van der Waals surface area contributed by atoms with Crippen LogP contribution in [0.1, 0.15) is 19.8 Å². The van der Waals surface area contributed by atoms with Crippen LogP contribution in [0, 0.1) is 0 Å². The van der Waals surface area contributed by atoms with Crippen LogP contribution in [0.2, 0.25) is 0 Å². The van der Waals surface area contributed by atoms with Crippen molar-refractivity contribution in [2.45, 2.75) is 31.9 Å². The number of hydrogen-bond acceptors (Lipinski definition) is 5. The molecule has 2 aromatic rings. The number of morpholine rings is 1. The molecule has 1 atom stereocenters. The number of carbonyl (C=O) groups is 1. The summed E-state index contributed by atoms with van der Waals surface area (Å²) in [5.74, 6) is 0.652. The average Bonchev–Trinajstić information content (AvgIpc) is 3.15. The largest absolute Gasteiger partial charge is 0.376 e. The molecule has 2 aliphatic heterocycles. The fourth-order valence-corrected chi connectivity index (χ4v) is 4.02. The molecule has 1 aromatic heterocycles. The fraction of sp³-hybridized carbons (Fsp3) is 0.550. The Labute approximate surface area is 165 Å². The molecule has 2 aliphatic rings. The second kappa shape index (κ2) is 8.28. The quantitative estimate of drug-likeness (QED) is 0.878. The van der Waals surface area contributed by atoms with E-state index < -0.39 is 0 Å². The normalized spacial score (nSPS) is 21.6. The second-order valence-corrected chi connectivity index (χ2v) is 7.65. The molecule has 3 heterocycles. The molecule has 1 aromatic carbocycles. The zero-order valence-electron chi connectivity index (χ0n) is 16.5. The van der Waals surface area contributed by atoms with Crippen molar-refractivity contribution in [3.8, 4) is 11.4 Å². The summed E-state index contributed by atoms with van der Waals surface area (Å²) in [6.45, 7) is 6.49. The van der Waals surface area contributed by atoms with E-state index in [9.17, 15) is 4.79 Å². The van der Waals surface area contributed by atoms with Crippen LogP contribution in [-0.4, -0.2) is 75.5 Å². The third-order valence-corrected chi connectivity index (χ3v) is 5.51. The number of carbonyl (C=O) groups excluding carboxylic acids is 1. The average molecular weight is 384 g/mol. The number of aromatic nitrogens is 3. The highest BCUT2D eigenvalue weighted by atomic mass is 16.5. The van der Waals surface area contributed by atoms with Crippen LogP contribution < -0.4 is 5.32 Å². The number of rotatable bonds is 3. The number of urea groups is 1. The van der Waals surface area contributed by atoms with Gasteiger partial charge in [-0.25, -0.2) is 9.78 Å². The number of hydrogen-bond donors (Lipinski definition) is 1. The summed E-state index contributed by atoms with van der Waals surface area (Å²) >= 11 is 0. The standard InChI is InChI=1S/C20H28N6O2/c1-15-13-26(10-11-28-15)18-6-8-25(9-7-18)20(27)22-17-5-3-4-16(12-17)19-21-14-24(2)23-19/h3-5,12,14-15,18H,6-11,13H2,1-2H3,(H,22,27). The molecule has 0 radical (unpaired) electrons. The first kappa shape index (κ1) is 18.9. The first-order chi connectivity index (χ1) is 13.6. The van der Waals surface area contributed by atoms with Gasteiger partial charge in [-0.15, -0.1) is 0 Å². The Morgan fingerprint density at radius 2 is 2.07 bits per heavy atom. The number of anilines is 1. The lowest BCUT2D eigenvalue weighted by molar-refractivity contribution is -0.0415. The predicted molar refractivity (Wildman–Crippen MR) is 107 cm³/mol. The van der Waals surface area contributed by atoms with E-state index in [0.717, 1.165) is 56.9 Å². The lowest BCUT2D eigenvalue weighted by Crippen LogP contribution is -2.52. The van der Waals surface area contributed by atoms with E-state index in [1.165, 1.54) is 0 Å². The van der Waals surface area contributed by atoms with E-state index in [0.29, 0.717) is 18.0 Å². The van der Waals surface area contributed by atoms with Crippen molar-refractivity contribution < 1.29 is 9.53 Å². The molecular formula is C20H28N6O2. The van der Waals surface area contributed by atoms with Gasteiger partial charge in [-0.1, -0.05) is 12.1 Å². The van der Waals surface area contributed by atoms with Gasteiger partial charge >= 0.3 is 6.03 Å². The third kappa shape index (κ3) is 4.34. The minimum Gasteiger partial charge on any atom is -0.376 e. The van der Waals surface area contributed by atoms with Gasteiger partial charge in [-0.05, 0) is 31.9 Å². The van der Waals surface area contributed by atoms with E-state index >= 15 is 0 Å². The number of nitrogens with zero attached hydrogens (tertiary/aromatic N) is 5. The Bertz CT molecular complexity index is 815. The van der Waals surface area contributed by atoms with Gasteiger partial charge in [-0.2, -0.15) is 5.10 Å². The van der Waals surface area contributed by atoms with Gasteiger partial charge < -0.3 is 15.0 Å². The van der Waals surface area contributed by atoms with Crippen molar-refractivity contribution in [3.05, 3.63) is 30.6 Å². The number of amides is 2. The molecule has 0 saturated carbocycles. The molecule has 0 aliphatic carbocycles. The maximum Gasteiger partial charge on any atom is 0.321 e. The Morgan fingerprint density at radius 1 is 1.25 bits per heavy atom. The molecule has 4 rings (SSSR count). The van der Waals surface area contributed by atoms with Gasteiger partial charge in [0.25, 0.3) is 0 Å². The number of benzene rings is 1. The molecule has 150 valence electrons.